The number of hydrogen-bond acceptors (Lipinski definition) is 8. The smallest absolute Gasteiger partial charge is 0.217 e. The number of sulfone groups is 1. The summed E-state index contributed by atoms with van der Waals surface area (Å²) in [5.41, 5.74) is 3.04. The van der Waals surface area contributed by atoms with Gasteiger partial charge in [0.15, 0.2) is 9.84 Å². The highest BCUT2D eigenvalue weighted by Gasteiger charge is 2.48. The average molecular weight is 583 g/mol. The van der Waals surface area contributed by atoms with E-state index in [9.17, 15) is 18.7 Å². The Bertz CT molecular complexity index is 1540. The van der Waals surface area contributed by atoms with Gasteiger partial charge in [0.2, 0.25) is 5.88 Å². The molecule has 1 saturated heterocycles. The fraction of sp³-hybridized carbons (Fsp3) is 0.300. The maximum absolute atomic E-state index is 12.6. The summed E-state index contributed by atoms with van der Waals surface area (Å²) in [4.78, 5) is 4.87. The number of pyridine rings is 1. The second-order valence-electron chi connectivity index (χ2n) is 9.96. The van der Waals surface area contributed by atoms with E-state index in [1.54, 1.807) is 48.6 Å². The van der Waals surface area contributed by atoms with E-state index in [0.717, 1.165) is 11.8 Å². The number of piperidine rings is 1. The highest BCUT2D eigenvalue weighted by atomic mass is 35.5. The fourth-order valence-corrected chi connectivity index (χ4v) is 6.16. The third-order valence-corrected chi connectivity index (χ3v) is 8.72. The average Bonchev–Trinajstić information content (AvgIpc) is 2.93. The number of rotatable bonds is 10. The molecular weight excluding hydrogens is 550 g/mol. The number of aromatic nitrogens is 1. The number of halogens is 1. The van der Waals surface area contributed by atoms with Gasteiger partial charge in [-0.2, -0.15) is 0 Å². The summed E-state index contributed by atoms with van der Waals surface area (Å²) in [6, 6.07) is 13.8. The van der Waals surface area contributed by atoms with Crippen LogP contribution in [-0.4, -0.2) is 50.6 Å². The van der Waals surface area contributed by atoms with Crippen LogP contribution in [-0.2, 0) is 9.84 Å². The van der Waals surface area contributed by atoms with Gasteiger partial charge in [-0.05, 0) is 67.4 Å². The summed E-state index contributed by atoms with van der Waals surface area (Å²) < 4.78 is 30.3. The number of hydroxylamine groups is 1. The monoisotopic (exact) mass is 582 g/mol. The number of allylic oxidation sites excluding steroid dienone is 5. The van der Waals surface area contributed by atoms with Crippen molar-refractivity contribution in [3.63, 3.8) is 0 Å². The molecule has 0 bridgehead atoms. The van der Waals surface area contributed by atoms with Crippen molar-refractivity contribution >= 4 is 32.3 Å². The Hall–Kier alpha value is -3.21. The minimum Gasteiger partial charge on any atom is -0.761 e. The van der Waals surface area contributed by atoms with Crippen LogP contribution in [0.15, 0.2) is 90.0 Å². The quantitative estimate of drug-likeness (QED) is 0.228. The Labute approximate surface area is 239 Å². The first-order valence-corrected chi connectivity index (χ1v) is 15.1. The van der Waals surface area contributed by atoms with Gasteiger partial charge in [0, 0.05) is 46.3 Å². The first-order valence-electron chi connectivity index (χ1n) is 12.8. The SMILES string of the molecule is C=C/C=C\C=C(\CC1CNCCC1(O)C(c1ccc(Cl)cc1)c1cc2cc(S(C)(=O)=O)ccc2nc1OC)N[O-]. The molecule has 2 heterocycles. The van der Waals surface area contributed by atoms with Gasteiger partial charge in [0.05, 0.1) is 23.1 Å². The van der Waals surface area contributed by atoms with Crippen molar-refractivity contribution in [2.45, 2.75) is 29.3 Å². The lowest BCUT2D eigenvalue weighted by atomic mass is 9.66. The highest BCUT2D eigenvalue weighted by Crippen LogP contribution is 2.47. The van der Waals surface area contributed by atoms with Gasteiger partial charge in [0.1, 0.15) is 0 Å². The molecule has 40 heavy (non-hydrogen) atoms. The summed E-state index contributed by atoms with van der Waals surface area (Å²) in [7, 11) is -1.94. The molecule has 1 fully saturated rings. The number of methoxy groups -OCH3 is 1. The van der Waals surface area contributed by atoms with E-state index in [0.29, 0.717) is 52.6 Å². The molecule has 2 aromatic carbocycles. The normalized spacial score (nSPS) is 20.9. The van der Waals surface area contributed by atoms with Gasteiger partial charge >= 0.3 is 0 Å². The first kappa shape index (κ1) is 29.8. The van der Waals surface area contributed by atoms with E-state index in [1.165, 1.54) is 13.2 Å². The van der Waals surface area contributed by atoms with Gasteiger partial charge in [-0.3, -0.25) is 0 Å². The van der Waals surface area contributed by atoms with Crippen LogP contribution >= 0.6 is 11.6 Å². The first-order chi connectivity index (χ1) is 19.1. The van der Waals surface area contributed by atoms with E-state index >= 15 is 0 Å². The lowest BCUT2D eigenvalue weighted by Crippen LogP contribution is -2.54. The largest absolute Gasteiger partial charge is 0.761 e. The molecule has 212 valence electrons. The topological polar surface area (TPSA) is 124 Å². The van der Waals surface area contributed by atoms with Crippen molar-refractivity contribution in [3.8, 4) is 5.88 Å². The van der Waals surface area contributed by atoms with Crippen molar-refractivity contribution in [2.24, 2.45) is 5.92 Å². The lowest BCUT2D eigenvalue weighted by Gasteiger charge is -2.46. The summed E-state index contributed by atoms with van der Waals surface area (Å²) in [5, 5.41) is 29.0. The molecule has 3 atom stereocenters. The molecule has 3 unspecified atom stereocenters. The minimum absolute atomic E-state index is 0.170. The van der Waals surface area contributed by atoms with Crippen LogP contribution in [0.4, 0.5) is 0 Å². The van der Waals surface area contributed by atoms with Crippen LogP contribution < -0.4 is 15.5 Å². The zero-order chi connectivity index (χ0) is 28.9. The van der Waals surface area contributed by atoms with E-state index < -0.39 is 21.4 Å². The van der Waals surface area contributed by atoms with Crippen molar-refractivity contribution in [3.05, 3.63) is 106 Å². The number of hydrogen-bond donors (Lipinski definition) is 3. The van der Waals surface area contributed by atoms with Gasteiger partial charge in [-0.1, -0.05) is 48.5 Å². The maximum atomic E-state index is 12.6. The van der Waals surface area contributed by atoms with Crippen LogP contribution in [0.25, 0.3) is 10.9 Å². The minimum atomic E-state index is -3.45. The second-order valence-corrected chi connectivity index (χ2v) is 12.4. The van der Waals surface area contributed by atoms with Crippen LogP contribution in [0.1, 0.15) is 29.9 Å². The molecule has 1 aromatic heterocycles. The molecule has 0 aliphatic carbocycles. The Balaban J connectivity index is 1.93. The van der Waals surface area contributed by atoms with Gasteiger partial charge in [0.25, 0.3) is 0 Å². The third-order valence-electron chi connectivity index (χ3n) is 7.36. The Morgan fingerprint density at radius 1 is 1.30 bits per heavy atom. The van der Waals surface area contributed by atoms with Gasteiger partial charge in [-0.25, -0.2) is 13.4 Å². The maximum Gasteiger partial charge on any atom is 0.217 e. The van der Waals surface area contributed by atoms with E-state index in [-0.39, 0.29) is 17.2 Å². The zero-order valence-electron chi connectivity index (χ0n) is 22.4. The number of nitrogens with one attached hydrogen (secondary N) is 2. The van der Waals surface area contributed by atoms with Crippen molar-refractivity contribution in [1.29, 1.82) is 0 Å². The van der Waals surface area contributed by atoms with E-state index in [2.05, 4.69) is 11.9 Å². The molecule has 0 radical (unpaired) electrons. The summed E-state index contributed by atoms with van der Waals surface area (Å²) in [6.45, 7) is 4.67. The third kappa shape index (κ3) is 6.40. The Kier molecular flexibility index (Phi) is 9.33. The van der Waals surface area contributed by atoms with Crippen LogP contribution in [0, 0.1) is 11.1 Å². The van der Waals surface area contributed by atoms with Crippen LogP contribution in [0.3, 0.4) is 0 Å². The van der Waals surface area contributed by atoms with Crippen molar-refractivity contribution in [1.82, 2.24) is 15.8 Å². The van der Waals surface area contributed by atoms with Gasteiger partial charge < -0.3 is 25.8 Å². The number of nitrogens with zero attached hydrogens (tertiary/aromatic N) is 1. The van der Waals surface area contributed by atoms with Crippen molar-refractivity contribution in [2.75, 3.05) is 26.5 Å². The zero-order valence-corrected chi connectivity index (χ0v) is 24.0. The fourth-order valence-electron chi connectivity index (χ4n) is 5.38. The molecule has 1 aliphatic rings. The molecule has 0 amide bonds. The number of aliphatic hydroxyl groups is 1. The van der Waals surface area contributed by atoms with Crippen LogP contribution in [0.5, 0.6) is 5.88 Å². The molecule has 0 spiro atoms. The van der Waals surface area contributed by atoms with Crippen LogP contribution in [0.2, 0.25) is 5.02 Å². The van der Waals surface area contributed by atoms with E-state index in [1.807, 2.05) is 23.7 Å². The second kappa shape index (κ2) is 12.5. The summed E-state index contributed by atoms with van der Waals surface area (Å²) in [5.74, 6) is -0.700. The standard InChI is InChI=1S/C30H33ClN3O5S/c1-4-5-6-7-24(34-36)18-22-19-32-15-14-30(22,35)28(20-8-10-23(31)11-9-20)26-17-21-16-25(40(3,37)38)12-13-27(21)33-29(26)39-2/h4-13,16-17,22,28,32,34-35H,1,14-15,18-19H2,2-3H3/q-1/b6-5-,24-7-. The number of ether oxygens (including phenoxy) is 1. The van der Waals surface area contributed by atoms with Gasteiger partial charge in [-0.15, -0.1) is 0 Å². The number of fused-ring (bicyclic) bond motifs is 1. The predicted molar refractivity (Wildman–Crippen MR) is 159 cm³/mol. The predicted octanol–water partition coefficient (Wildman–Crippen LogP) is 4.88. The molecule has 8 nitrogen and oxygen atoms in total. The highest BCUT2D eigenvalue weighted by molar-refractivity contribution is 7.90. The van der Waals surface area contributed by atoms with E-state index in [4.69, 9.17) is 21.3 Å². The Morgan fingerprint density at radius 3 is 2.70 bits per heavy atom. The molecular formula is C30H33ClN3O5S-. The lowest BCUT2D eigenvalue weighted by molar-refractivity contribution is -0.0547. The number of benzene rings is 2. The molecule has 10 heteroatoms. The molecule has 3 N–H and O–H groups in total. The Morgan fingerprint density at radius 2 is 2.05 bits per heavy atom. The molecule has 4 rings (SSSR count). The summed E-state index contributed by atoms with van der Waals surface area (Å²) in [6.07, 6.45) is 8.53. The van der Waals surface area contributed by atoms with Crippen molar-refractivity contribution < 1.29 is 18.3 Å². The summed E-state index contributed by atoms with van der Waals surface area (Å²) >= 11 is 6.23. The molecule has 0 saturated carbocycles. The molecule has 3 aromatic rings. The molecule has 1 aliphatic heterocycles.